The predicted molar refractivity (Wildman–Crippen MR) is 82.8 cm³/mol. The Labute approximate surface area is 130 Å². The van der Waals surface area contributed by atoms with Crippen LogP contribution in [0.5, 0.6) is 5.75 Å². The molecule has 2 rings (SSSR count). The molecular weight excluding hydrogens is 282 g/mol. The van der Waals surface area contributed by atoms with Gasteiger partial charge in [-0.3, -0.25) is 9.59 Å². The summed E-state index contributed by atoms with van der Waals surface area (Å²) >= 11 is 0. The molecule has 120 valence electrons. The topological polar surface area (TPSA) is 75.6 Å². The van der Waals surface area contributed by atoms with Crippen LogP contribution < -0.4 is 10.1 Å². The molecule has 0 atom stereocenters. The summed E-state index contributed by atoms with van der Waals surface area (Å²) in [6, 6.07) is 7.79. The molecule has 1 aromatic rings. The Morgan fingerprint density at radius 1 is 1.14 bits per heavy atom. The van der Waals surface area contributed by atoms with Gasteiger partial charge in [-0.15, -0.1) is 0 Å². The highest BCUT2D eigenvalue weighted by Gasteiger charge is 2.29. The minimum absolute atomic E-state index is 0.0357. The van der Waals surface area contributed by atoms with Crippen molar-refractivity contribution in [3.8, 4) is 5.75 Å². The first-order chi connectivity index (χ1) is 10.6. The monoisotopic (exact) mass is 305 g/mol. The average Bonchev–Trinajstić information content (AvgIpc) is 2.55. The van der Waals surface area contributed by atoms with Crippen molar-refractivity contribution in [3.05, 3.63) is 29.8 Å². The number of benzene rings is 1. The van der Waals surface area contributed by atoms with Gasteiger partial charge in [0.1, 0.15) is 5.75 Å². The van der Waals surface area contributed by atoms with Crippen LogP contribution in [0.1, 0.15) is 31.2 Å². The van der Waals surface area contributed by atoms with Gasteiger partial charge in [0.25, 0.3) is 0 Å². The van der Waals surface area contributed by atoms with Gasteiger partial charge in [-0.1, -0.05) is 12.1 Å². The molecule has 5 heteroatoms. The van der Waals surface area contributed by atoms with E-state index in [1.165, 1.54) is 0 Å². The molecule has 1 aliphatic rings. The fourth-order valence-electron chi connectivity index (χ4n) is 2.87. The number of ether oxygens (including phenoxy) is 1. The zero-order valence-corrected chi connectivity index (χ0v) is 12.9. The van der Waals surface area contributed by atoms with Crippen molar-refractivity contribution in [2.45, 2.75) is 32.1 Å². The lowest BCUT2D eigenvalue weighted by Gasteiger charge is -2.25. The number of methoxy groups -OCH3 is 1. The van der Waals surface area contributed by atoms with Gasteiger partial charge in [0, 0.05) is 12.5 Å². The summed E-state index contributed by atoms with van der Waals surface area (Å²) in [6.07, 6.45) is 3.33. The number of aliphatic carboxylic acids is 1. The standard InChI is InChI=1S/C17H23NO4/c1-22-15-8-2-12(3-9-15)10-11-18-16(19)13-4-6-14(7-5-13)17(20)21/h2-3,8-9,13-14H,4-7,10-11H2,1H3,(H,18,19)(H,20,21). The molecule has 1 aromatic carbocycles. The first kappa shape index (κ1) is 16.3. The van der Waals surface area contributed by atoms with E-state index in [4.69, 9.17) is 9.84 Å². The SMILES string of the molecule is COc1ccc(CCNC(=O)C2CCC(C(=O)O)CC2)cc1. The molecule has 1 amide bonds. The Morgan fingerprint density at radius 2 is 1.73 bits per heavy atom. The van der Waals surface area contributed by atoms with E-state index in [0.717, 1.165) is 17.7 Å². The van der Waals surface area contributed by atoms with Crippen molar-refractivity contribution in [1.82, 2.24) is 5.32 Å². The Kier molecular flexibility index (Phi) is 5.81. The molecule has 2 N–H and O–H groups in total. The quantitative estimate of drug-likeness (QED) is 0.845. The Hall–Kier alpha value is -2.04. The molecule has 0 radical (unpaired) electrons. The Morgan fingerprint density at radius 3 is 2.27 bits per heavy atom. The lowest BCUT2D eigenvalue weighted by Crippen LogP contribution is -2.35. The van der Waals surface area contributed by atoms with E-state index in [2.05, 4.69) is 5.32 Å². The first-order valence-electron chi connectivity index (χ1n) is 7.73. The second-order valence-corrected chi connectivity index (χ2v) is 5.78. The molecule has 0 unspecified atom stereocenters. The molecule has 1 saturated carbocycles. The average molecular weight is 305 g/mol. The molecule has 22 heavy (non-hydrogen) atoms. The number of carbonyl (C=O) groups is 2. The molecule has 0 aromatic heterocycles. The van der Waals surface area contributed by atoms with Crippen molar-refractivity contribution in [3.63, 3.8) is 0 Å². The second kappa shape index (κ2) is 7.82. The lowest BCUT2D eigenvalue weighted by molar-refractivity contribution is -0.144. The Balaban J connectivity index is 1.70. The number of carboxylic acids is 1. The van der Waals surface area contributed by atoms with Gasteiger partial charge in [-0.05, 0) is 49.8 Å². The van der Waals surface area contributed by atoms with Crippen molar-refractivity contribution in [2.75, 3.05) is 13.7 Å². The summed E-state index contributed by atoms with van der Waals surface area (Å²) in [5.74, 6) is -0.173. The van der Waals surface area contributed by atoms with Gasteiger partial charge in [-0.2, -0.15) is 0 Å². The van der Waals surface area contributed by atoms with Crippen molar-refractivity contribution in [2.24, 2.45) is 11.8 Å². The molecule has 5 nitrogen and oxygen atoms in total. The Bertz CT molecular complexity index is 504. The molecule has 0 bridgehead atoms. The highest BCUT2D eigenvalue weighted by molar-refractivity contribution is 5.79. The van der Waals surface area contributed by atoms with Crippen LogP contribution in [0.3, 0.4) is 0 Å². The van der Waals surface area contributed by atoms with Crippen LogP contribution in [0.15, 0.2) is 24.3 Å². The summed E-state index contributed by atoms with van der Waals surface area (Å²) in [5, 5.41) is 11.9. The van der Waals surface area contributed by atoms with E-state index in [1.54, 1.807) is 7.11 Å². The number of hydrogen-bond donors (Lipinski definition) is 2. The normalized spacial score (nSPS) is 21.1. The molecule has 0 aliphatic heterocycles. The third kappa shape index (κ3) is 4.48. The van der Waals surface area contributed by atoms with E-state index in [0.29, 0.717) is 32.2 Å². The fraction of sp³-hybridized carbons (Fsp3) is 0.529. The van der Waals surface area contributed by atoms with Crippen LogP contribution in [-0.4, -0.2) is 30.6 Å². The highest BCUT2D eigenvalue weighted by atomic mass is 16.5. The molecule has 1 fully saturated rings. The third-order valence-electron chi connectivity index (χ3n) is 4.32. The van der Waals surface area contributed by atoms with Crippen LogP contribution in [0, 0.1) is 11.8 Å². The predicted octanol–water partition coefficient (Wildman–Crippen LogP) is 2.24. The maximum absolute atomic E-state index is 12.1. The molecular formula is C17H23NO4. The number of amides is 1. The summed E-state index contributed by atoms with van der Waals surface area (Å²) in [5.41, 5.74) is 1.15. The first-order valence-corrected chi connectivity index (χ1v) is 7.73. The van der Waals surface area contributed by atoms with E-state index in [1.807, 2.05) is 24.3 Å². The number of hydrogen-bond acceptors (Lipinski definition) is 3. The van der Waals surface area contributed by atoms with Crippen LogP contribution in [0.4, 0.5) is 0 Å². The summed E-state index contributed by atoms with van der Waals surface area (Å²) in [6.45, 7) is 0.601. The zero-order valence-electron chi connectivity index (χ0n) is 12.9. The zero-order chi connectivity index (χ0) is 15.9. The van der Waals surface area contributed by atoms with Crippen molar-refractivity contribution < 1.29 is 19.4 Å². The smallest absolute Gasteiger partial charge is 0.306 e. The fourth-order valence-corrected chi connectivity index (χ4v) is 2.87. The number of nitrogens with one attached hydrogen (secondary N) is 1. The van der Waals surface area contributed by atoms with Crippen molar-refractivity contribution >= 4 is 11.9 Å². The summed E-state index contributed by atoms with van der Waals surface area (Å²) < 4.78 is 5.11. The number of rotatable bonds is 6. The maximum atomic E-state index is 12.1. The molecule has 0 heterocycles. The van der Waals surface area contributed by atoms with Crippen LogP contribution in [0.2, 0.25) is 0 Å². The van der Waals surface area contributed by atoms with E-state index in [9.17, 15) is 9.59 Å². The largest absolute Gasteiger partial charge is 0.497 e. The van der Waals surface area contributed by atoms with Crippen LogP contribution >= 0.6 is 0 Å². The summed E-state index contributed by atoms with van der Waals surface area (Å²) in [4.78, 5) is 23.0. The molecule has 0 spiro atoms. The van der Waals surface area contributed by atoms with Crippen LogP contribution in [-0.2, 0) is 16.0 Å². The summed E-state index contributed by atoms with van der Waals surface area (Å²) in [7, 11) is 1.63. The van der Waals surface area contributed by atoms with Gasteiger partial charge < -0.3 is 15.2 Å². The van der Waals surface area contributed by atoms with Crippen molar-refractivity contribution in [1.29, 1.82) is 0 Å². The van der Waals surface area contributed by atoms with Gasteiger partial charge in [0.2, 0.25) is 5.91 Å². The van der Waals surface area contributed by atoms with Gasteiger partial charge in [0.05, 0.1) is 13.0 Å². The molecule has 1 aliphatic carbocycles. The maximum Gasteiger partial charge on any atom is 0.306 e. The van der Waals surface area contributed by atoms with Crippen LogP contribution in [0.25, 0.3) is 0 Å². The lowest BCUT2D eigenvalue weighted by atomic mass is 9.81. The van der Waals surface area contributed by atoms with E-state index in [-0.39, 0.29) is 17.7 Å². The minimum Gasteiger partial charge on any atom is -0.497 e. The van der Waals surface area contributed by atoms with E-state index >= 15 is 0 Å². The van der Waals surface area contributed by atoms with E-state index < -0.39 is 5.97 Å². The third-order valence-corrected chi connectivity index (χ3v) is 4.32. The van der Waals surface area contributed by atoms with Gasteiger partial charge in [0.15, 0.2) is 0 Å². The highest BCUT2D eigenvalue weighted by Crippen LogP contribution is 2.28. The number of carboxylic acid groups (broad SMARTS) is 1. The minimum atomic E-state index is -0.738. The van der Waals surface area contributed by atoms with Gasteiger partial charge in [-0.25, -0.2) is 0 Å². The van der Waals surface area contributed by atoms with Gasteiger partial charge >= 0.3 is 5.97 Å². The second-order valence-electron chi connectivity index (χ2n) is 5.78. The number of carbonyl (C=O) groups excluding carboxylic acids is 1. The molecule has 0 saturated heterocycles.